The van der Waals surface area contributed by atoms with Crippen molar-refractivity contribution < 1.29 is 24.7 Å². The van der Waals surface area contributed by atoms with E-state index in [2.05, 4.69) is 4.98 Å². The minimum absolute atomic E-state index is 0.110. The summed E-state index contributed by atoms with van der Waals surface area (Å²) in [7, 11) is 0. The van der Waals surface area contributed by atoms with Gasteiger partial charge < -0.3 is 0 Å². The number of hydrogen-bond acceptors (Lipinski definition) is 1. The van der Waals surface area contributed by atoms with Crippen molar-refractivity contribution in [3.05, 3.63) is 145 Å². The van der Waals surface area contributed by atoms with Gasteiger partial charge in [0, 0.05) is 9.80 Å². The topological polar surface area (TPSA) is 17.8 Å². The third-order valence-corrected chi connectivity index (χ3v) is 6.83. The van der Waals surface area contributed by atoms with Crippen LogP contribution in [0.4, 0.5) is 0 Å². The zero-order valence-electron chi connectivity index (χ0n) is 38.5. The molecule has 8 rings (SSSR count). The number of nitrogens with zero attached hydrogens (tertiary/aromatic N) is 2. The Hall–Kier alpha value is -5.21. The molecule has 0 radical (unpaired) electrons. The summed E-state index contributed by atoms with van der Waals surface area (Å²) < 4.78 is 159. The predicted molar refractivity (Wildman–Crippen MR) is 169 cm³/mol. The monoisotopic (exact) mass is 528 g/mol. The lowest BCUT2D eigenvalue weighted by atomic mass is 9.85. The van der Waals surface area contributed by atoms with Crippen LogP contribution in [0.2, 0.25) is 0 Å². The highest BCUT2D eigenvalue weighted by molar-refractivity contribution is 6.21. The quantitative estimate of drug-likeness (QED) is 0.209. The second-order valence-corrected chi connectivity index (χ2v) is 9.06. The maximum absolute atomic E-state index is 9.38. The van der Waals surface area contributed by atoms with Gasteiger partial charge in [-0.1, -0.05) is 109 Å². The molecule has 0 N–H and O–H groups in total. The van der Waals surface area contributed by atoms with E-state index in [0.717, 1.165) is 0 Å². The summed E-state index contributed by atoms with van der Waals surface area (Å²) in [6, 6.07) is 1.99. The van der Waals surface area contributed by atoms with Gasteiger partial charge in [-0.15, -0.1) is 0 Å². The summed E-state index contributed by atoms with van der Waals surface area (Å²) in [6.07, 6.45) is 0. The Morgan fingerprint density at radius 1 is 0.625 bits per heavy atom. The van der Waals surface area contributed by atoms with Crippen molar-refractivity contribution in [3.8, 4) is 27.9 Å². The van der Waals surface area contributed by atoms with Crippen LogP contribution in [0.25, 0.3) is 71.3 Å². The largest absolute Gasteiger partial charge is 0.297 e. The lowest BCUT2D eigenvalue weighted by Gasteiger charge is -2.18. The summed E-state index contributed by atoms with van der Waals surface area (Å²) >= 11 is 0. The van der Waals surface area contributed by atoms with E-state index in [1.807, 2.05) is 0 Å². The summed E-state index contributed by atoms with van der Waals surface area (Å²) in [5.41, 5.74) is 0.0663. The van der Waals surface area contributed by atoms with Crippen LogP contribution >= 0.6 is 0 Å². The van der Waals surface area contributed by atoms with E-state index >= 15 is 0 Å². The van der Waals surface area contributed by atoms with Crippen LogP contribution in [-0.4, -0.2) is 9.55 Å². The molecule has 0 aliphatic rings. The van der Waals surface area contributed by atoms with Crippen LogP contribution in [0.3, 0.4) is 0 Å². The number of imidazole rings is 1. The Kier molecular flexibility index (Phi) is 2.48. The van der Waals surface area contributed by atoms with E-state index < -0.39 is 119 Å². The van der Waals surface area contributed by atoms with Crippen molar-refractivity contribution in [2.45, 2.75) is 6.85 Å². The molecule has 0 amide bonds. The normalized spacial score (nSPS) is 18.3. The number of benzene rings is 7. The first-order valence-corrected chi connectivity index (χ1v) is 12.3. The molecule has 0 fully saturated rings. The lowest BCUT2D eigenvalue weighted by Crippen LogP contribution is -1.97. The van der Waals surface area contributed by atoms with E-state index in [1.165, 1.54) is 16.7 Å². The zero-order chi connectivity index (χ0) is 42.2. The van der Waals surface area contributed by atoms with E-state index in [4.69, 9.17) is 16.4 Å². The van der Waals surface area contributed by atoms with Crippen molar-refractivity contribution in [3.63, 3.8) is 0 Å². The fourth-order valence-corrected chi connectivity index (χ4v) is 5.16. The SMILES string of the molecule is [2H]c1c([2H])c([2H])c2c([2H])c(-c3c4c([2H])c([2H])c([2H])c([2H])c4c(-c4cccc(-n5c(C([2H])([2H])[2H])nc6ccccc65)c4)c4c([2H])c([2H])c([2H])c([2H])c34)c([2H])c([2H])c2c1[2H]. The van der Waals surface area contributed by atoms with Crippen molar-refractivity contribution >= 4 is 43.4 Å². The number of hydrogen-bond donors (Lipinski definition) is 0. The maximum Gasteiger partial charge on any atom is 0.111 e. The van der Waals surface area contributed by atoms with Crippen LogP contribution in [0.5, 0.6) is 0 Å². The summed E-state index contributed by atoms with van der Waals surface area (Å²) in [5, 5.41) is -2.27. The highest BCUT2D eigenvalue weighted by atomic mass is 15.1. The average molecular weight is 529 g/mol. The molecule has 0 atom stereocenters. The van der Waals surface area contributed by atoms with Crippen molar-refractivity contribution in [1.82, 2.24) is 9.55 Å². The molecule has 2 heteroatoms. The Morgan fingerprint density at radius 3 is 2.00 bits per heavy atom. The first-order chi connectivity index (χ1) is 27.2. The molecular formula is C38H26N2. The lowest BCUT2D eigenvalue weighted by molar-refractivity contribution is 1.00. The highest BCUT2D eigenvalue weighted by Crippen LogP contribution is 2.44. The number of aryl methyl sites for hydroxylation is 1. The number of rotatable bonds is 3. The molecule has 0 unspecified atom stereocenters. The Morgan fingerprint density at radius 2 is 1.27 bits per heavy atom. The molecule has 0 saturated heterocycles. The number of para-hydroxylation sites is 2. The first kappa shape index (κ1) is 11.1. The van der Waals surface area contributed by atoms with E-state index in [1.54, 1.807) is 36.4 Å². The number of fused-ring (bicyclic) bond motifs is 4. The molecule has 188 valence electrons. The van der Waals surface area contributed by atoms with Crippen LogP contribution < -0.4 is 0 Å². The molecule has 8 aromatic rings. The third-order valence-electron chi connectivity index (χ3n) is 6.83. The second-order valence-electron chi connectivity index (χ2n) is 9.06. The molecule has 1 heterocycles. The Labute approximate surface area is 258 Å². The van der Waals surface area contributed by atoms with Gasteiger partial charge in [-0.2, -0.15) is 0 Å². The van der Waals surface area contributed by atoms with Crippen molar-refractivity contribution in [2.75, 3.05) is 0 Å². The van der Waals surface area contributed by atoms with Crippen LogP contribution in [-0.2, 0) is 0 Å². The molecular weight excluding hydrogens is 484 g/mol. The van der Waals surface area contributed by atoms with Gasteiger partial charge in [0.15, 0.2) is 0 Å². The van der Waals surface area contributed by atoms with Gasteiger partial charge >= 0.3 is 0 Å². The fourth-order valence-electron chi connectivity index (χ4n) is 5.16. The second kappa shape index (κ2) is 8.93. The van der Waals surface area contributed by atoms with Gasteiger partial charge in [-0.25, -0.2) is 4.98 Å². The predicted octanol–water partition coefficient (Wildman–Crippen LogP) is 10.1. The average Bonchev–Trinajstić information content (AvgIpc) is 3.60. The molecule has 0 spiro atoms. The van der Waals surface area contributed by atoms with Gasteiger partial charge in [0.25, 0.3) is 0 Å². The summed E-state index contributed by atoms with van der Waals surface area (Å²) in [5.74, 6) is -0.286. The first-order valence-electron chi connectivity index (χ1n) is 21.3. The minimum atomic E-state index is -2.70. The molecule has 0 aliphatic carbocycles. The van der Waals surface area contributed by atoms with E-state index in [-0.39, 0.29) is 44.2 Å². The Bertz CT molecular complexity index is 3090. The minimum Gasteiger partial charge on any atom is -0.297 e. The molecule has 40 heavy (non-hydrogen) atoms. The van der Waals surface area contributed by atoms with E-state index in [0.29, 0.717) is 11.0 Å². The Balaban J connectivity index is 1.65. The van der Waals surface area contributed by atoms with Gasteiger partial charge in [-0.3, -0.25) is 4.57 Å². The van der Waals surface area contributed by atoms with Crippen LogP contribution in [0.1, 0.15) is 30.5 Å². The molecule has 0 aliphatic heterocycles. The van der Waals surface area contributed by atoms with Crippen molar-refractivity contribution in [2.24, 2.45) is 0 Å². The zero-order valence-corrected chi connectivity index (χ0v) is 20.5. The molecule has 0 bridgehead atoms. The molecule has 1 aromatic heterocycles. The van der Waals surface area contributed by atoms with Gasteiger partial charge in [0.1, 0.15) is 5.82 Å². The molecule has 7 aromatic carbocycles. The maximum atomic E-state index is 9.38. The van der Waals surface area contributed by atoms with E-state index in [9.17, 15) is 8.22 Å². The van der Waals surface area contributed by atoms with Gasteiger partial charge in [-0.05, 0) is 91.7 Å². The smallest absolute Gasteiger partial charge is 0.111 e. The van der Waals surface area contributed by atoms with Gasteiger partial charge in [0.2, 0.25) is 0 Å². The van der Waals surface area contributed by atoms with Gasteiger partial charge in [0.05, 0.1) is 31.6 Å². The molecule has 0 saturated carbocycles. The number of aromatic nitrogens is 2. The van der Waals surface area contributed by atoms with Crippen molar-refractivity contribution in [1.29, 1.82) is 0 Å². The summed E-state index contributed by atoms with van der Waals surface area (Å²) in [6.45, 7) is -2.70. The highest BCUT2D eigenvalue weighted by Gasteiger charge is 2.17. The van der Waals surface area contributed by atoms with Crippen LogP contribution in [0, 0.1) is 6.85 Å². The standard InChI is InChI=1S/C38H26N2/c1-25-39-35-19-8-9-20-36(35)40(25)30-14-10-13-28(24-30)37-31-15-4-6-17-33(31)38(34-18-7-5-16-32(34)37)29-22-21-26-11-2-3-12-27(26)23-29/h2-24H,1H3/i1D3,2D,3D,4D,5D,6D,7D,11D,12D,15D,16D,17D,18D,21D,22D,23D. The summed E-state index contributed by atoms with van der Waals surface area (Å²) in [4.78, 5) is 4.37. The molecule has 2 nitrogen and oxygen atoms in total. The fraction of sp³-hybridized carbons (Fsp3) is 0.0263. The van der Waals surface area contributed by atoms with Crippen LogP contribution in [0.15, 0.2) is 139 Å². The third kappa shape index (κ3) is 3.47.